The molecule has 5 heteroatoms. The summed E-state index contributed by atoms with van der Waals surface area (Å²) in [5, 5.41) is 3.20. The molecule has 26 heavy (non-hydrogen) atoms. The molecule has 1 heterocycles. The standard InChI is InChI=1S/C21H30N2O3/c1-15(2)23-18(24)14-26-20(19(23)16-10-6-5-7-11-16)21(25)22-17-12-8-3-4-9-13-17/h5-7,10-11,15,17,19-20H,3-4,8-9,12-14H2,1-2H3,(H,22,25)/t19-,20+/m1/s1. The van der Waals surface area contributed by atoms with E-state index in [-0.39, 0.29) is 36.5 Å². The van der Waals surface area contributed by atoms with Gasteiger partial charge in [-0.1, -0.05) is 56.0 Å². The predicted molar refractivity (Wildman–Crippen MR) is 101 cm³/mol. The first kappa shape index (κ1) is 18.9. The summed E-state index contributed by atoms with van der Waals surface area (Å²) in [6.07, 6.45) is 6.21. The second-order valence-electron chi connectivity index (χ2n) is 7.68. The van der Waals surface area contributed by atoms with Crippen molar-refractivity contribution in [2.45, 2.75) is 76.6 Å². The van der Waals surface area contributed by atoms with Gasteiger partial charge in [0.1, 0.15) is 6.61 Å². The molecule has 1 saturated carbocycles. The average Bonchev–Trinajstić information content (AvgIpc) is 2.90. The Balaban J connectivity index is 1.82. The van der Waals surface area contributed by atoms with Crippen LogP contribution < -0.4 is 5.32 Å². The van der Waals surface area contributed by atoms with E-state index in [1.165, 1.54) is 12.8 Å². The van der Waals surface area contributed by atoms with Crippen LogP contribution in [0.25, 0.3) is 0 Å². The summed E-state index contributed by atoms with van der Waals surface area (Å²) >= 11 is 0. The summed E-state index contributed by atoms with van der Waals surface area (Å²) in [5.41, 5.74) is 0.940. The minimum Gasteiger partial charge on any atom is -0.356 e. The number of benzene rings is 1. The number of carbonyl (C=O) groups is 2. The Morgan fingerprint density at radius 3 is 2.38 bits per heavy atom. The van der Waals surface area contributed by atoms with E-state index >= 15 is 0 Å². The number of nitrogens with zero attached hydrogens (tertiary/aromatic N) is 1. The molecule has 0 spiro atoms. The van der Waals surface area contributed by atoms with Gasteiger partial charge < -0.3 is 15.0 Å². The van der Waals surface area contributed by atoms with E-state index in [0.29, 0.717) is 0 Å². The Hall–Kier alpha value is -1.88. The van der Waals surface area contributed by atoms with Crippen molar-refractivity contribution in [2.75, 3.05) is 6.61 Å². The Morgan fingerprint density at radius 2 is 1.77 bits per heavy atom. The number of rotatable bonds is 4. The molecule has 0 radical (unpaired) electrons. The maximum atomic E-state index is 13.1. The summed E-state index contributed by atoms with van der Waals surface area (Å²) in [6.45, 7) is 3.93. The van der Waals surface area contributed by atoms with E-state index < -0.39 is 6.10 Å². The first-order chi connectivity index (χ1) is 12.6. The first-order valence-electron chi connectivity index (χ1n) is 9.86. The molecule has 1 saturated heterocycles. The lowest BCUT2D eigenvalue weighted by Gasteiger charge is -2.43. The van der Waals surface area contributed by atoms with Crippen molar-refractivity contribution < 1.29 is 14.3 Å². The third kappa shape index (κ3) is 4.26. The van der Waals surface area contributed by atoms with Crippen molar-refractivity contribution in [1.82, 2.24) is 10.2 Å². The molecule has 5 nitrogen and oxygen atoms in total. The van der Waals surface area contributed by atoms with Crippen LogP contribution in [0, 0.1) is 0 Å². The molecular formula is C21H30N2O3. The highest BCUT2D eigenvalue weighted by Gasteiger charge is 2.43. The Bertz CT molecular complexity index is 609. The van der Waals surface area contributed by atoms with Gasteiger partial charge in [-0.05, 0) is 32.3 Å². The molecule has 1 aromatic carbocycles. The van der Waals surface area contributed by atoms with Crippen LogP contribution in [0.3, 0.4) is 0 Å². The fraction of sp³-hybridized carbons (Fsp3) is 0.619. The highest BCUT2D eigenvalue weighted by Crippen LogP contribution is 2.32. The fourth-order valence-corrected chi connectivity index (χ4v) is 4.15. The van der Waals surface area contributed by atoms with Gasteiger partial charge in [-0.2, -0.15) is 0 Å². The van der Waals surface area contributed by atoms with Gasteiger partial charge in [-0.3, -0.25) is 9.59 Å². The van der Waals surface area contributed by atoms with E-state index in [0.717, 1.165) is 31.2 Å². The molecule has 0 unspecified atom stereocenters. The van der Waals surface area contributed by atoms with Crippen LogP contribution in [0.4, 0.5) is 0 Å². The largest absolute Gasteiger partial charge is 0.356 e. The monoisotopic (exact) mass is 358 g/mol. The molecule has 1 N–H and O–H groups in total. The molecule has 0 bridgehead atoms. The zero-order chi connectivity index (χ0) is 18.5. The second kappa shape index (κ2) is 8.67. The van der Waals surface area contributed by atoms with E-state index in [1.54, 1.807) is 4.90 Å². The van der Waals surface area contributed by atoms with Gasteiger partial charge in [0.25, 0.3) is 5.91 Å². The Kier molecular flexibility index (Phi) is 6.30. The molecule has 2 fully saturated rings. The van der Waals surface area contributed by atoms with Crippen LogP contribution in [-0.2, 0) is 14.3 Å². The molecule has 0 aromatic heterocycles. The quantitative estimate of drug-likeness (QED) is 0.841. The minimum atomic E-state index is -0.666. The van der Waals surface area contributed by atoms with Crippen molar-refractivity contribution in [3.63, 3.8) is 0 Å². The SMILES string of the molecule is CC(C)N1C(=O)CO[C@H](C(=O)NC2CCCCCC2)[C@H]1c1ccccc1. The number of morpholine rings is 1. The summed E-state index contributed by atoms with van der Waals surface area (Å²) < 4.78 is 5.77. The average molecular weight is 358 g/mol. The van der Waals surface area contributed by atoms with Crippen LogP contribution in [0.5, 0.6) is 0 Å². The van der Waals surface area contributed by atoms with Gasteiger partial charge in [-0.15, -0.1) is 0 Å². The lowest BCUT2D eigenvalue weighted by Crippen LogP contribution is -2.57. The maximum Gasteiger partial charge on any atom is 0.251 e. The van der Waals surface area contributed by atoms with E-state index in [4.69, 9.17) is 4.74 Å². The molecule has 3 rings (SSSR count). The van der Waals surface area contributed by atoms with Crippen LogP contribution in [0.2, 0.25) is 0 Å². The lowest BCUT2D eigenvalue weighted by atomic mass is 9.95. The Labute approximate surface area is 156 Å². The third-order valence-electron chi connectivity index (χ3n) is 5.42. The Morgan fingerprint density at radius 1 is 1.12 bits per heavy atom. The minimum absolute atomic E-state index is 0.00443. The number of hydrogen-bond acceptors (Lipinski definition) is 3. The topological polar surface area (TPSA) is 58.6 Å². The van der Waals surface area contributed by atoms with Gasteiger partial charge in [0.2, 0.25) is 5.91 Å². The van der Waals surface area contributed by atoms with E-state index in [1.807, 2.05) is 44.2 Å². The van der Waals surface area contributed by atoms with Gasteiger partial charge in [-0.25, -0.2) is 0 Å². The van der Waals surface area contributed by atoms with Crippen molar-refractivity contribution >= 4 is 11.8 Å². The van der Waals surface area contributed by atoms with Crippen molar-refractivity contribution in [3.05, 3.63) is 35.9 Å². The number of amides is 2. The number of hydrogen-bond donors (Lipinski definition) is 1. The molecule has 2 atom stereocenters. The van der Waals surface area contributed by atoms with Gasteiger partial charge in [0, 0.05) is 12.1 Å². The van der Waals surface area contributed by atoms with Gasteiger partial charge in [0.05, 0.1) is 6.04 Å². The molecule has 1 aliphatic heterocycles. The van der Waals surface area contributed by atoms with E-state index in [2.05, 4.69) is 5.32 Å². The van der Waals surface area contributed by atoms with Crippen LogP contribution in [0.15, 0.2) is 30.3 Å². The smallest absolute Gasteiger partial charge is 0.251 e. The zero-order valence-electron chi connectivity index (χ0n) is 15.8. The summed E-state index contributed by atoms with van der Waals surface area (Å²) in [5.74, 6) is -0.156. The normalized spacial score (nSPS) is 25.2. The fourth-order valence-electron chi connectivity index (χ4n) is 4.15. The molecule has 1 aromatic rings. The highest BCUT2D eigenvalue weighted by atomic mass is 16.5. The molecule has 1 aliphatic carbocycles. The number of carbonyl (C=O) groups excluding carboxylic acids is 2. The van der Waals surface area contributed by atoms with Crippen molar-refractivity contribution in [3.8, 4) is 0 Å². The summed E-state index contributed by atoms with van der Waals surface area (Å²) in [6, 6.07) is 9.58. The van der Waals surface area contributed by atoms with Crippen LogP contribution in [-0.4, -0.2) is 41.5 Å². The van der Waals surface area contributed by atoms with Crippen molar-refractivity contribution in [1.29, 1.82) is 0 Å². The molecule has 142 valence electrons. The summed E-state index contributed by atoms with van der Waals surface area (Å²) in [7, 11) is 0. The van der Waals surface area contributed by atoms with Crippen molar-refractivity contribution in [2.24, 2.45) is 0 Å². The van der Waals surface area contributed by atoms with E-state index in [9.17, 15) is 9.59 Å². The van der Waals surface area contributed by atoms with Crippen LogP contribution >= 0.6 is 0 Å². The maximum absolute atomic E-state index is 13.1. The molecular weight excluding hydrogens is 328 g/mol. The van der Waals surface area contributed by atoms with Gasteiger partial charge >= 0.3 is 0 Å². The number of nitrogens with one attached hydrogen (secondary N) is 1. The molecule has 2 amide bonds. The molecule has 2 aliphatic rings. The zero-order valence-corrected chi connectivity index (χ0v) is 15.8. The van der Waals surface area contributed by atoms with Gasteiger partial charge in [0.15, 0.2) is 6.10 Å². The third-order valence-corrected chi connectivity index (χ3v) is 5.42. The highest BCUT2D eigenvalue weighted by molar-refractivity contribution is 5.86. The predicted octanol–water partition coefficient (Wildman–Crippen LogP) is 3.20. The second-order valence-corrected chi connectivity index (χ2v) is 7.68. The summed E-state index contributed by atoms with van der Waals surface area (Å²) in [4.78, 5) is 27.4. The lowest BCUT2D eigenvalue weighted by molar-refractivity contribution is -0.167. The van der Waals surface area contributed by atoms with Crippen LogP contribution in [0.1, 0.15) is 64.0 Å². The first-order valence-corrected chi connectivity index (χ1v) is 9.86. The number of ether oxygens (including phenoxy) is 1.